The van der Waals surface area contributed by atoms with Crippen molar-refractivity contribution < 1.29 is 4.74 Å². The number of fused-ring (bicyclic) bond motifs is 2. The lowest BCUT2D eigenvalue weighted by atomic mass is 9.96. The third-order valence-corrected chi connectivity index (χ3v) is 4.58. The number of rotatable bonds is 3. The summed E-state index contributed by atoms with van der Waals surface area (Å²) in [5.41, 5.74) is 3.94. The Morgan fingerprint density at radius 2 is 2.10 bits per heavy atom. The van der Waals surface area contributed by atoms with Crippen molar-refractivity contribution in [1.82, 2.24) is 14.8 Å². The van der Waals surface area contributed by atoms with Crippen molar-refractivity contribution in [2.45, 2.75) is 38.6 Å². The molecular formula is C17H21N3O. The largest absolute Gasteiger partial charge is 0.381 e. The molecule has 0 unspecified atom stereocenters. The van der Waals surface area contributed by atoms with Gasteiger partial charge in [0.15, 0.2) is 0 Å². The van der Waals surface area contributed by atoms with Crippen LogP contribution in [0.5, 0.6) is 0 Å². The van der Waals surface area contributed by atoms with E-state index in [4.69, 9.17) is 4.74 Å². The number of hydrogen-bond donors (Lipinski definition) is 1. The van der Waals surface area contributed by atoms with Gasteiger partial charge < -0.3 is 9.30 Å². The van der Waals surface area contributed by atoms with E-state index in [0.717, 1.165) is 44.5 Å². The molecule has 0 aliphatic carbocycles. The van der Waals surface area contributed by atoms with Crippen LogP contribution in [0.3, 0.4) is 0 Å². The van der Waals surface area contributed by atoms with Crippen molar-refractivity contribution in [3.63, 3.8) is 0 Å². The number of nitrogens with zero attached hydrogens (tertiary/aromatic N) is 2. The maximum absolute atomic E-state index is 5.52. The van der Waals surface area contributed by atoms with Crippen LogP contribution in [0.25, 0.3) is 21.8 Å². The average Bonchev–Trinajstić information content (AvgIpc) is 3.11. The fraction of sp³-hybridized carbons (Fsp3) is 0.471. The standard InChI is InChI=1S/C17H21N3O/c1-2-5-20-16(12-3-6-21-7-4-12)9-13-8-15-14(10-17(13)20)11-18-19-15/h8-12H,2-7H2,1H3,(H,18,19). The van der Waals surface area contributed by atoms with Crippen LogP contribution in [0, 0.1) is 0 Å². The average molecular weight is 283 g/mol. The maximum Gasteiger partial charge on any atom is 0.0657 e. The molecule has 0 spiro atoms. The molecule has 0 radical (unpaired) electrons. The number of aryl methyl sites for hydroxylation is 1. The van der Waals surface area contributed by atoms with Crippen molar-refractivity contribution in [3.8, 4) is 0 Å². The quantitative estimate of drug-likeness (QED) is 0.794. The number of ether oxygens (including phenoxy) is 1. The lowest BCUT2D eigenvalue weighted by Gasteiger charge is -2.24. The summed E-state index contributed by atoms with van der Waals surface area (Å²) in [4.78, 5) is 0. The zero-order valence-electron chi connectivity index (χ0n) is 12.4. The van der Waals surface area contributed by atoms with Crippen molar-refractivity contribution in [3.05, 3.63) is 30.1 Å². The van der Waals surface area contributed by atoms with E-state index in [1.807, 2.05) is 6.20 Å². The van der Waals surface area contributed by atoms with Crippen LogP contribution in [-0.2, 0) is 11.3 Å². The highest BCUT2D eigenvalue weighted by Gasteiger charge is 2.21. The molecule has 4 heteroatoms. The molecular weight excluding hydrogens is 262 g/mol. The van der Waals surface area contributed by atoms with E-state index in [9.17, 15) is 0 Å². The Morgan fingerprint density at radius 3 is 2.90 bits per heavy atom. The second kappa shape index (κ2) is 5.19. The molecule has 1 aliphatic heterocycles. The molecule has 1 N–H and O–H groups in total. The minimum absolute atomic E-state index is 0.633. The molecule has 1 aliphatic rings. The molecule has 1 aromatic carbocycles. The van der Waals surface area contributed by atoms with Gasteiger partial charge in [0.05, 0.1) is 11.7 Å². The van der Waals surface area contributed by atoms with E-state index in [1.54, 1.807) is 0 Å². The molecule has 0 amide bonds. The maximum atomic E-state index is 5.52. The molecule has 21 heavy (non-hydrogen) atoms. The minimum atomic E-state index is 0.633. The molecule has 1 saturated heterocycles. The molecule has 2 aromatic heterocycles. The summed E-state index contributed by atoms with van der Waals surface area (Å²) in [7, 11) is 0. The van der Waals surface area contributed by atoms with Gasteiger partial charge in [-0.2, -0.15) is 5.10 Å². The fourth-order valence-corrected chi connectivity index (χ4v) is 3.53. The van der Waals surface area contributed by atoms with Crippen LogP contribution in [0.1, 0.15) is 37.8 Å². The second-order valence-corrected chi connectivity index (χ2v) is 5.98. The van der Waals surface area contributed by atoms with Crippen molar-refractivity contribution >= 4 is 21.8 Å². The van der Waals surface area contributed by atoms with Crippen molar-refractivity contribution in [2.75, 3.05) is 13.2 Å². The molecule has 0 atom stereocenters. The first-order chi connectivity index (χ1) is 10.4. The zero-order valence-corrected chi connectivity index (χ0v) is 12.4. The summed E-state index contributed by atoms with van der Waals surface area (Å²) in [6.45, 7) is 5.11. The minimum Gasteiger partial charge on any atom is -0.381 e. The molecule has 0 bridgehead atoms. The Balaban J connectivity index is 1.89. The summed E-state index contributed by atoms with van der Waals surface area (Å²) in [5.74, 6) is 0.633. The highest BCUT2D eigenvalue weighted by Crippen LogP contribution is 2.33. The normalized spacial score (nSPS) is 17.0. The third kappa shape index (κ3) is 2.14. The number of benzene rings is 1. The molecule has 3 heterocycles. The Bertz CT molecular complexity index is 765. The number of nitrogens with one attached hydrogen (secondary N) is 1. The summed E-state index contributed by atoms with van der Waals surface area (Å²) < 4.78 is 8.03. The van der Waals surface area contributed by atoms with Gasteiger partial charge in [0.2, 0.25) is 0 Å². The monoisotopic (exact) mass is 283 g/mol. The van der Waals surface area contributed by atoms with Crippen molar-refractivity contribution in [1.29, 1.82) is 0 Å². The molecule has 3 aromatic rings. The fourth-order valence-electron chi connectivity index (χ4n) is 3.53. The van der Waals surface area contributed by atoms with Crippen LogP contribution in [0.4, 0.5) is 0 Å². The van der Waals surface area contributed by atoms with Gasteiger partial charge in [-0.15, -0.1) is 0 Å². The van der Waals surface area contributed by atoms with E-state index in [2.05, 4.69) is 39.9 Å². The molecule has 4 nitrogen and oxygen atoms in total. The zero-order chi connectivity index (χ0) is 14.2. The molecule has 1 fully saturated rings. The number of hydrogen-bond acceptors (Lipinski definition) is 2. The summed E-state index contributed by atoms with van der Waals surface area (Å²) in [5, 5.41) is 9.73. The van der Waals surface area contributed by atoms with Crippen LogP contribution in [-0.4, -0.2) is 28.0 Å². The Labute approximate surface area is 124 Å². The van der Waals surface area contributed by atoms with Gasteiger partial charge in [-0.3, -0.25) is 5.10 Å². The summed E-state index contributed by atoms with van der Waals surface area (Å²) in [6, 6.07) is 6.88. The first-order valence-electron chi connectivity index (χ1n) is 7.91. The van der Waals surface area contributed by atoms with Crippen LogP contribution < -0.4 is 0 Å². The second-order valence-electron chi connectivity index (χ2n) is 5.98. The van der Waals surface area contributed by atoms with Gasteiger partial charge in [0.1, 0.15) is 0 Å². The number of aromatic amines is 1. The Morgan fingerprint density at radius 1 is 1.24 bits per heavy atom. The first kappa shape index (κ1) is 12.9. The van der Waals surface area contributed by atoms with Crippen molar-refractivity contribution in [2.24, 2.45) is 0 Å². The van der Waals surface area contributed by atoms with Gasteiger partial charge in [-0.25, -0.2) is 0 Å². The van der Waals surface area contributed by atoms with Crippen LogP contribution >= 0.6 is 0 Å². The highest BCUT2D eigenvalue weighted by atomic mass is 16.5. The summed E-state index contributed by atoms with van der Waals surface area (Å²) >= 11 is 0. The van der Waals surface area contributed by atoms with Gasteiger partial charge in [0.25, 0.3) is 0 Å². The molecule has 110 valence electrons. The topological polar surface area (TPSA) is 42.8 Å². The lowest BCUT2D eigenvalue weighted by Crippen LogP contribution is -2.17. The number of H-pyrrole nitrogens is 1. The predicted molar refractivity (Wildman–Crippen MR) is 84.7 cm³/mol. The summed E-state index contributed by atoms with van der Waals surface area (Å²) in [6.07, 6.45) is 5.34. The first-order valence-corrected chi connectivity index (χ1v) is 7.91. The smallest absolute Gasteiger partial charge is 0.0657 e. The van der Waals surface area contributed by atoms with Gasteiger partial charge in [0, 0.05) is 47.7 Å². The van der Waals surface area contributed by atoms with Crippen LogP contribution in [0.2, 0.25) is 0 Å². The predicted octanol–water partition coefficient (Wildman–Crippen LogP) is 3.82. The Hall–Kier alpha value is -1.81. The van der Waals surface area contributed by atoms with E-state index < -0.39 is 0 Å². The highest BCUT2D eigenvalue weighted by molar-refractivity contribution is 5.95. The molecule has 4 rings (SSSR count). The lowest BCUT2D eigenvalue weighted by molar-refractivity contribution is 0.0838. The van der Waals surface area contributed by atoms with Gasteiger partial charge in [-0.05, 0) is 37.5 Å². The van der Waals surface area contributed by atoms with Crippen LogP contribution in [0.15, 0.2) is 24.4 Å². The van der Waals surface area contributed by atoms with E-state index >= 15 is 0 Å². The van der Waals surface area contributed by atoms with E-state index in [0.29, 0.717) is 5.92 Å². The Kier molecular flexibility index (Phi) is 3.19. The third-order valence-electron chi connectivity index (χ3n) is 4.58. The number of aromatic nitrogens is 3. The molecule has 0 saturated carbocycles. The van der Waals surface area contributed by atoms with Gasteiger partial charge >= 0.3 is 0 Å². The van der Waals surface area contributed by atoms with E-state index in [1.165, 1.54) is 22.0 Å². The van der Waals surface area contributed by atoms with E-state index in [-0.39, 0.29) is 0 Å². The SMILES string of the molecule is CCCn1c(C2CCOCC2)cc2cc3[nH]ncc3cc21. The van der Waals surface area contributed by atoms with Gasteiger partial charge in [-0.1, -0.05) is 6.92 Å².